The molecule has 0 saturated heterocycles. The van der Waals surface area contributed by atoms with Crippen LogP contribution in [0, 0.1) is 0 Å². The highest BCUT2D eigenvalue weighted by atomic mass is 16.4. The Bertz CT molecular complexity index is 213. The maximum absolute atomic E-state index is 8.89. The molecule has 0 spiro atoms. The molecule has 0 radical (unpaired) electrons. The van der Waals surface area contributed by atoms with Gasteiger partial charge in [-0.3, -0.25) is 0 Å². The first-order chi connectivity index (χ1) is 9.34. The lowest BCUT2D eigenvalue weighted by Gasteiger charge is -1.81. The molecule has 20 N–H and O–H groups in total. The van der Waals surface area contributed by atoms with Gasteiger partial charge in [-0.25, -0.2) is 0 Å². The molecule has 0 unspecified atom stereocenters. The second kappa shape index (κ2) is 57.7. The van der Waals surface area contributed by atoms with Crippen molar-refractivity contribution in [3.63, 3.8) is 0 Å². The molecule has 0 aromatic rings. The number of carbonyl (C=O) groups excluding carboxylic acids is 4. The number of aliphatic carboxylic acids is 4. The molecule has 0 aromatic heterocycles. The van der Waals surface area contributed by atoms with Crippen molar-refractivity contribution in [2.75, 3.05) is 13.1 Å². The predicted molar refractivity (Wildman–Crippen MR) is 89.4 cm³/mol. The predicted octanol–water partition coefficient (Wildman–Crippen LogP) is -4.18. The van der Waals surface area contributed by atoms with Crippen LogP contribution in [0.25, 0.3) is 0 Å². The molecule has 0 amide bonds. The van der Waals surface area contributed by atoms with Crippen molar-refractivity contribution in [1.29, 1.82) is 0 Å². The number of rotatable bonds is 2. The normalized spacial score (nSPS) is 5.68. The second-order valence-corrected chi connectivity index (χ2v) is 2.90. The zero-order valence-corrected chi connectivity index (χ0v) is 16.5. The van der Waals surface area contributed by atoms with E-state index in [4.69, 9.17) is 51.1 Å². The second-order valence-electron chi connectivity index (χ2n) is 2.90. The molecule has 0 aliphatic carbocycles. The van der Waals surface area contributed by atoms with E-state index in [-0.39, 0.29) is 24.6 Å². The SMILES string of the molecule is CC(=O)[O-].CC(=O)[O-].CC(=O)[O-].CC(=O)[O-].NCCCN.[NH4+].[NH4+].[NH4+].[NH4+]. The quantitative estimate of drug-likeness (QED) is 0.267. The molecule has 0 aliphatic heterocycles. The van der Waals surface area contributed by atoms with Crippen LogP contribution >= 0.6 is 0 Å². The number of nitrogens with two attached hydrogens (primary N) is 2. The summed E-state index contributed by atoms with van der Waals surface area (Å²) in [5.41, 5.74) is 10.1. The Morgan fingerprint density at radius 1 is 0.560 bits per heavy atom. The summed E-state index contributed by atoms with van der Waals surface area (Å²) in [4.78, 5) is 35.6. The van der Waals surface area contributed by atoms with Crippen LogP contribution in [0.1, 0.15) is 34.1 Å². The number of carboxylic acids is 4. The van der Waals surface area contributed by atoms with Crippen molar-refractivity contribution in [1.82, 2.24) is 24.6 Å². The summed E-state index contributed by atoms with van der Waals surface area (Å²) in [5.74, 6) is -4.33. The molecule has 0 heterocycles. The van der Waals surface area contributed by atoms with E-state index in [1.54, 1.807) is 0 Å². The highest BCUT2D eigenvalue weighted by Crippen LogP contribution is 1.58. The van der Waals surface area contributed by atoms with Crippen LogP contribution in [-0.2, 0) is 19.2 Å². The van der Waals surface area contributed by atoms with E-state index in [1.165, 1.54) is 0 Å². The van der Waals surface area contributed by atoms with Crippen molar-refractivity contribution in [3.05, 3.63) is 0 Å². The molecule has 0 bridgehead atoms. The van der Waals surface area contributed by atoms with Gasteiger partial charge in [-0.05, 0) is 47.2 Å². The summed E-state index contributed by atoms with van der Waals surface area (Å²) in [7, 11) is 0. The summed E-state index contributed by atoms with van der Waals surface area (Å²) in [6, 6.07) is 0. The minimum atomic E-state index is -1.08. The Morgan fingerprint density at radius 2 is 0.640 bits per heavy atom. The van der Waals surface area contributed by atoms with Crippen molar-refractivity contribution in [2.24, 2.45) is 11.5 Å². The molecule has 25 heavy (non-hydrogen) atoms. The third-order valence-corrected chi connectivity index (χ3v) is 0.408. The average molecular weight is 382 g/mol. The maximum Gasteiger partial charge on any atom is 0.0383 e. The van der Waals surface area contributed by atoms with Gasteiger partial charge in [0.1, 0.15) is 0 Å². The van der Waals surface area contributed by atoms with E-state index in [0.29, 0.717) is 0 Å². The van der Waals surface area contributed by atoms with Gasteiger partial charge < -0.3 is 75.7 Å². The van der Waals surface area contributed by atoms with Gasteiger partial charge in [0.2, 0.25) is 0 Å². The Hall–Kier alpha value is -2.36. The highest BCUT2D eigenvalue weighted by Gasteiger charge is 1.67. The zero-order chi connectivity index (χ0) is 18.4. The molecule has 0 saturated carbocycles. The van der Waals surface area contributed by atoms with Crippen LogP contribution < -0.4 is 56.5 Å². The van der Waals surface area contributed by atoms with Crippen LogP contribution in [0.4, 0.5) is 0 Å². The average Bonchev–Trinajstić information content (AvgIpc) is 2.14. The fourth-order valence-corrected chi connectivity index (χ4v) is 0.118. The van der Waals surface area contributed by atoms with Crippen molar-refractivity contribution in [3.8, 4) is 0 Å². The largest absolute Gasteiger partial charge is 0.550 e. The van der Waals surface area contributed by atoms with Crippen LogP contribution in [0.3, 0.4) is 0 Å². The standard InChI is InChI=1S/C3H10N2.4C2H4O2.4H3N/c4-2-1-3-5;4*1-2(3)4;;;;/h1-5H2;4*1H3,(H,3,4);4*1H3. The lowest BCUT2D eigenvalue weighted by atomic mass is 10.4. The first-order valence-corrected chi connectivity index (χ1v) is 5.45. The number of quaternary nitrogens is 4. The molecule has 0 aliphatic rings. The van der Waals surface area contributed by atoms with Gasteiger partial charge in [0.15, 0.2) is 0 Å². The fraction of sp³-hybridized carbons (Fsp3) is 0.636. The zero-order valence-electron chi connectivity index (χ0n) is 16.5. The monoisotopic (exact) mass is 382 g/mol. The Morgan fingerprint density at radius 3 is 0.640 bits per heavy atom. The van der Waals surface area contributed by atoms with E-state index in [0.717, 1.165) is 47.2 Å². The van der Waals surface area contributed by atoms with Crippen LogP contribution in [0.15, 0.2) is 0 Å². The topological polar surface area (TPSA) is 359 Å². The van der Waals surface area contributed by atoms with Gasteiger partial charge in [-0.2, -0.15) is 0 Å². The summed E-state index contributed by atoms with van der Waals surface area (Å²) >= 11 is 0. The first-order valence-electron chi connectivity index (χ1n) is 5.45. The molecule has 14 heteroatoms. The van der Waals surface area contributed by atoms with E-state index >= 15 is 0 Å². The molecular weight excluding hydrogens is 344 g/mol. The summed E-state index contributed by atoms with van der Waals surface area (Å²) < 4.78 is 0. The molecule has 14 nitrogen and oxygen atoms in total. The Kier molecular flexibility index (Phi) is 132. The summed E-state index contributed by atoms with van der Waals surface area (Å²) in [5, 5.41) is 35.6. The van der Waals surface area contributed by atoms with Gasteiger partial charge in [0.05, 0.1) is 0 Å². The molecular formula is C11H38N6O8. The number of hydrogen-bond donors (Lipinski definition) is 6. The minimum Gasteiger partial charge on any atom is -0.550 e. The van der Waals surface area contributed by atoms with Gasteiger partial charge in [-0.1, -0.05) is 0 Å². The number of hydrogen-bond acceptors (Lipinski definition) is 10. The molecule has 0 rings (SSSR count). The van der Waals surface area contributed by atoms with Crippen molar-refractivity contribution in [2.45, 2.75) is 34.1 Å². The number of carbonyl (C=O) groups is 4. The third kappa shape index (κ3) is 64400. The fourth-order valence-electron chi connectivity index (χ4n) is 0.118. The van der Waals surface area contributed by atoms with E-state index in [9.17, 15) is 0 Å². The number of carboxylic acid groups (broad SMARTS) is 4. The van der Waals surface area contributed by atoms with Crippen molar-refractivity contribution < 1.29 is 39.6 Å². The molecule has 0 aromatic carbocycles. The highest BCUT2D eigenvalue weighted by molar-refractivity contribution is 5.61. The lowest BCUT2D eigenvalue weighted by molar-refractivity contribution is -0.303. The molecule has 160 valence electrons. The molecule has 0 atom stereocenters. The van der Waals surface area contributed by atoms with E-state index < -0.39 is 23.9 Å². The summed E-state index contributed by atoms with van der Waals surface area (Å²) in [6.45, 7) is 5.33. The molecule has 0 fully saturated rings. The third-order valence-electron chi connectivity index (χ3n) is 0.408. The Balaban J connectivity index is -0.0000000176. The Labute approximate surface area is 147 Å². The maximum atomic E-state index is 8.89. The van der Waals surface area contributed by atoms with Crippen LogP contribution in [0.2, 0.25) is 0 Å². The lowest BCUT2D eigenvalue weighted by Crippen LogP contribution is -2.16. The van der Waals surface area contributed by atoms with Crippen LogP contribution in [-0.4, -0.2) is 37.0 Å². The van der Waals surface area contributed by atoms with Gasteiger partial charge in [-0.15, -0.1) is 0 Å². The minimum absolute atomic E-state index is 0. The van der Waals surface area contributed by atoms with Gasteiger partial charge in [0, 0.05) is 23.9 Å². The van der Waals surface area contributed by atoms with Gasteiger partial charge in [0.25, 0.3) is 0 Å². The van der Waals surface area contributed by atoms with Crippen LogP contribution in [0.5, 0.6) is 0 Å². The van der Waals surface area contributed by atoms with Crippen molar-refractivity contribution >= 4 is 23.9 Å². The smallest absolute Gasteiger partial charge is 0.0383 e. The van der Waals surface area contributed by atoms with Gasteiger partial charge >= 0.3 is 0 Å². The summed E-state index contributed by atoms with van der Waals surface area (Å²) in [6.07, 6.45) is 0.944. The van der Waals surface area contributed by atoms with E-state index in [2.05, 4.69) is 0 Å². The van der Waals surface area contributed by atoms with E-state index in [1.807, 2.05) is 0 Å². The first kappa shape index (κ1) is 57.0.